The number of nitrogens with one attached hydrogen (secondary N) is 1. The molecular formula is C20H21BrN2O4. The predicted molar refractivity (Wildman–Crippen MR) is 105 cm³/mol. The number of amides is 1. The minimum atomic E-state index is -0.258. The second kappa shape index (κ2) is 10.6. The number of methoxy groups -OCH3 is 1. The molecule has 0 saturated heterocycles. The number of ether oxygens (including phenoxy) is 3. The summed E-state index contributed by atoms with van der Waals surface area (Å²) in [7, 11) is 1.64. The summed E-state index contributed by atoms with van der Waals surface area (Å²) in [4.78, 5) is 12.1. The third-order valence-corrected chi connectivity index (χ3v) is 4.17. The van der Waals surface area contributed by atoms with Crippen LogP contribution in [0.1, 0.15) is 23.6 Å². The maximum Gasteiger partial charge on any atom is 0.258 e. The summed E-state index contributed by atoms with van der Waals surface area (Å²) in [6.45, 7) is 3.01. The SMILES string of the molecule is CCOc1cc(C#N)cc(Br)c1OCC(=O)NCc1cccc(COC)c1. The Morgan fingerprint density at radius 2 is 2.00 bits per heavy atom. The van der Waals surface area contributed by atoms with Gasteiger partial charge in [0.25, 0.3) is 5.91 Å². The molecule has 0 spiro atoms. The maximum atomic E-state index is 12.1. The first-order valence-electron chi connectivity index (χ1n) is 8.40. The molecule has 0 bridgehead atoms. The zero-order valence-corrected chi connectivity index (χ0v) is 16.8. The standard InChI is InChI=1S/C20H21BrN2O4/c1-3-26-18-9-16(10-22)8-17(21)20(18)27-13-19(24)23-11-14-5-4-6-15(7-14)12-25-2/h4-9H,3,11-13H2,1-2H3,(H,23,24). The Balaban J connectivity index is 1.95. The van der Waals surface area contributed by atoms with Gasteiger partial charge >= 0.3 is 0 Å². The van der Waals surface area contributed by atoms with Crippen molar-refractivity contribution < 1.29 is 19.0 Å². The van der Waals surface area contributed by atoms with Gasteiger partial charge in [0.1, 0.15) is 0 Å². The Bertz CT molecular complexity index is 833. The third kappa shape index (κ3) is 6.27. The molecule has 7 heteroatoms. The van der Waals surface area contributed by atoms with Crippen molar-refractivity contribution in [2.24, 2.45) is 0 Å². The highest BCUT2D eigenvalue weighted by atomic mass is 79.9. The molecule has 2 aromatic rings. The number of nitriles is 1. The zero-order chi connectivity index (χ0) is 19.6. The van der Waals surface area contributed by atoms with Gasteiger partial charge < -0.3 is 19.5 Å². The van der Waals surface area contributed by atoms with E-state index in [0.29, 0.717) is 41.3 Å². The molecule has 6 nitrogen and oxygen atoms in total. The van der Waals surface area contributed by atoms with E-state index in [4.69, 9.17) is 19.5 Å². The van der Waals surface area contributed by atoms with Crippen LogP contribution in [0.3, 0.4) is 0 Å². The summed E-state index contributed by atoms with van der Waals surface area (Å²) in [6, 6.07) is 13.1. The predicted octanol–water partition coefficient (Wildman–Crippen LogP) is 3.56. The quantitative estimate of drug-likeness (QED) is 0.654. The van der Waals surface area contributed by atoms with Gasteiger partial charge in [-0.3, -0.25) is 4.79 Å². The van der Waals surface area contributed by atoms with Gasteiger partial charge in [0.05, 0.1) is 29.3 Å². The van der Waals surface area contributed by atoms with Gasteiger partial charge in [-0.05, 0) is 40.0 Å². The first-order valence-corrected chi connectivity index (χ1v) is 9.19. The van der Waals surface area contributed by atoms with Crippen molar-refractivity contribution in [3.8, 4) is 17.6 Å². The van der Waals surface area contributed by atoms with Crippen molar-refractivity contribution in [1.29, 1.82) is 5.26 Å². The van der Waals surface area contributed by atoms with E-state index in [0.717, 1.165) is 11.1 Å². The molecule has 1 amide bonds. The maximum absolute atomic E-state index is 12.1. The number of benzene rings is 2. The van der Waals surface area contributed by atoms with Gasteiger partial charge in [-0.1, -0.05) is 24.3 Å². The molecule has 1 N–H and O–H groups in total. The molecule has 0 fully saturated rings. The van der Waals surface area contributed by atoms with Gasteiger partial charge in [-0.15, -0.1) is 0 Å². The van der Waals surface area contributed by atoms with E-state index >= 15 is 0 Å². The Morgan fingerprint density at radius 3 is 2.70 bits per heavy atom. The van der Waals surface area contributed by atoms with Gasteiger partial charge in [-0.2, -0.15) is 5.26 Å². The fourth-order valence-electron chi connectivity index (χ4n) is 2.42. The van der Waals surface area contributed by atoms with E-state index in [9.17, 15) is 4.79 Å². The number of halogens is 1. The molecule has 0 aliphatic rings. The molecule has 27 heavy (non-hydrogen) atoms. The summed E-state index contributed by atoms with van der Waals surface area (Å²) in [5.41, 5.74) is 2.47. The molecule has 0 unspecified atom stereocenters. The van der Waals surface area contributed by atoms with E-state index in [1.54, 1.807) is 19.2 Å². The first kappa shape index (κ1) is 20.7. The Kier molecular flexibility index (Phi) is 8.11. The minimum absolute atomic E-state index is 0.164. The number of carbonyl (C=O) groups is 1. The van der Waals surface area contributed by atoms with Crippen molar-refractivity contribution in [2.75, 3.05) is 20.3 Å². The van der Waals surface area contributed by atoms with Gasteiger partial charge in [-0.25, -0.2) is 0 Å². The lowest BCUT2D eigenvalue weighted by molar-refractivity contribution is -0.123. The monoisotopic (exact) mass is 432 g/mol. The number of hydrogen-bond donors (Lipinski definition) is 1. The number of carbonyl (C=O) groups excluding carboxylic acids is 1. The van der Waals surface area contributed by atoms with Crippen LogP contribution in [0.15, 0.2) is 40.9 Å². The van der Waals surface area contributed by atoms with Crippen LogP contribution in [0.2, 0.25) is 0 Å². The smallest absolute Gasteiger partial charge is 0.258 e. The van der Waals surface area contributed by atoms with Gasteiger partial charge in [0.15, 0.2) is 18.1 Å². The summed E-state index contributed by atoms with van der Waals surface area (Å²) in [5, 5.41) is 11.9. The third-order valence-electron chi connectivity index (χ3n) is 3.58. The average Bonchev–Trinajstić information content (AvgIpc) is 2.66. The molecule has 0 radical (unpaired) electrons. The van der Waals surface area contributed by atoms with E-state index in [1.165, 1.54) is 0 Å². The highest BCUT2D eigenvalue weighted by Gasteiger charge is 2.14. The van der Waals surface area contributed by atoms with Crippen molar-refractivity contribution in [3.63, 3.8) is 0 Å². The van der Waals surface area contributed by atoms with Crippen LogP contribution in [-0.4, -0.2) is 26.2 Å². The van der Waals surface area contributed by atoms with Crippen LogP contribution < -0.4 is 14.8 Å². The molecule has 142 valence electrons. The van der Waals surface area contributed by atoms with Gasteiger partial charge in [0.2, 0.25) is 0 Å². The minimum Gasteiger partial charge on any atom is -0.490 e. The fraction of sp³-hybridized carbons (Fsp3) is 0.300. The summed E-state index contributed by atoms with van der Waals surface area (Å²) < 4.78 is 16.8. The van der Waals surface area contributed by atoms with Crippen molar-refractivity contribution in [1.82, 2.24) is 5.32 Å². The lowest BCUT2D eigenvalue weighted by Gasteiger charge is -2.14. The normalized spacial score (nSPS) is 10.1. The largest absolute Gasteiger partial charge is 0.490 e. The number of nitrogens with zero attached hydrogens (tertiary/aromatic N) is 1. The van der Waals surface area contributed by atoms with Crippen LogP contribution in [0.25, 0.3) is 0 Å². The van der Waals surface area contributed by atoms with E-state index in [2.05, 4.69) is 27.3 Å². The zero-order valence-electron chi connectivity index (χ0n) is 15.3. The van der Waals surface area contributed by atoms with Crippen molar-refractivity contribution in [2.45, 2.75) is 20.1 Å². The fourth-order valence-corrected chi connectivity index (χ4v) is 2.98. The van der Waals surface area contributed by atoms with E-state index < -0.39 is 0 Å². The van der Waals surface area contributed by atoms with E-state index in [-0.39, 0.29) is 12.5 Å². The van der Waals surface area contributed by atoms with Crippen molar-refractivity contribution >= 4 is 21.8 Å². The Morgan fingerprint density at radius 1 is 1.22 bits per heavy atom. The lowest BCUT2D eigenvalue weighted by atomic mass is 10.1. The molecule has 2 rings (SSSR count). The summed E-state index contributed by atoms with van der Waals surface area (Å²) in [6.07, 6.45) is 0. The van der Waals surface area contributed by atoms with Crippen LogP contribution in [-0.2, 0) is 22.7 Å². The Labute approximate surface area is 167 Å². The molecule has 2 aromatic carbocycles. The Hall–Kier alpha value is -2.56. The molecule has 0 aliphatic heterocycles. The molecule has 0 heterocycles. The first-order chi connectivity index (χ1) is 13.1. The second-order valence-corrected chi connectivity index (χ2v) is 6.50. The second-order valence-electron chi connectivity index (χ2n) is 5.65. The molecule has 0 saturated carbocycles. The topological polar surface area (TPSA) is 80.6 Å². The highest BCUT2D eigenvalue weighted by Crippen LogP contribution is 2.36. The lowest BCUT2D eigenvalue weighted by Crippen LogP contribution is -2.28. The highest BCUT2D eigenvalue weighted by molar-refractivity contribution is 9.10. The number of rotatable bonds is 9. The van der Waals surface area contributed by atoms with Crippen molar-refractivity contribution in [3.05, 3.63) is 57.6 Å². The van der Waals surface area contributed by atoms with E-state index in [1.807, 2.05) is 31.2 Å². The number of hydrogen-bond acceptors (Lipinski definition) is 5. The summed E-state index contributed by atoms with van der Waals surface area (Å²) in [5.74, 6) is 0.558. The molecular weight excluding hydrogens is 412 g/mol. The average molecular weight is 433 g/mol. The molecule has 0 aromatic heterocycles. The van der Waals surface area contributed by atoms with Crippen LogP contribution >= 0.6 is 15.9 Å². The molecule has 0 aliphatic carbocycles. The van der Waals surface area contributed by atoms with Crippen LogP contribution in [0, 0.1) is 11.3 Å². The molecule has 0 atom stereocenters. The van der Waals surface area contributed by atoms with Crippen LogP contribution in [0.4, 0.5) is 0 Å². The van der Waals surface area contributed by atoms with Gasteiger partial charge in [0, 0.05) is 19.7 Å². The summed E-state index contributed by atoms with van der Waals surface area (Å²) >= 11 is 3.36. The van der Waals surface area contributed by atoms with Crippen LogP contribution in [0.5, 0.6) is 11.5 Å².